The van der Waals surface area contributed by atoms with E-state index in [-0.39, 0.29) is 6.04 Å². The quantitative estimate of drug-likeness (QED) is 0.793. The summed E-state index contributed by atoms with van der Waals surface area (Å²) in [6, 6.07) is 20.7. The lowest BCUT2D eigenvalue weighted by molar-refractivity contribution is 0.318. The maximum absolute atomic E-state index is 6.40. The zero-order valence-corrected chi connectivity index (χ0v) is 14.4. The van der Waals surface area contributed by atoms with Crippen LogP contribution in [0.1, 0.15) is 22.9 Å². The first kappa shape index (κ1) is 16.1. The monoisotopic (exact) mass is 333 g/mol. The Labute approximate surface area is 148 Å². The molecule has 128 valence electrons. The molecule has 0 amide bonds. The van der Waals surface area contributed by atoms with Crippen molar-refractivity contribution in [1.82, 2.24) is 9.88 Å². The van der Waals surface area contributed by atoms with Crippen LogP contribution in [0.5, 0.6) is 0 Å². The summed E-state index contributed by atoms with van der Waals surface area (Å²) in [5.41, 5.74) is 9.73. The van der Waals surface area contributed by atoms with E-state index < -0.39 is 0 Å². The van der Waals surface area contributed by atoms with Gasteiger partial charge in [0.15, 0.2) is 0 Å². The summed E-state index contributed by atoms with van der Waals surface area (Å²) in [5, 5.41) is 0. The number of oxazole rings is 1. The Morgan fingerprint density at radius 1 is 1.04 bits per heavy atom. The maximum atomic E-state index is 6.40. The lowest BCUT2D eigenvalue weighted by Crippen LogP contribution is -2.28. The molecule has 0 unspecified atom stereocenters. The highest BCUT2D eigenvalue weighted by molar-refractivity contribution is 5.53. The molecule has 2 N–H and O–H groups in total. The first-order chi connectivity index (χ1) is 12.2. The van der Waals surface area contributed by atoms with Gasteiger partial charge >= 0.3 is 0 Å². The molecule has 0 spiro atoms. The van der Waals surface area contributed by atoms with Crippen LogP contribution in [0.15, 0.2) is 65.1 Å². The second-order valence-electron chi connectivity index (χ2n) is 6.76. The van der Waals surface area contributed by atoms with Gasteiger partial charge in [-0.25, -0.2) is 4.98 Å². The molecule has 1 fully saturated rings. The molecule has 4 rings (SSSR count). The minimum atomic E-state index is 0.156. The molecule has 0 radical (unpaired) electrons. The predicted octanol–water partition coefficient (Wildman–Crippen LogP) is 3.58. The number of hydrogen-bond acceptors (Lipinski definition) is 4. The van der Waals surface area contributed by atoms with Gasteiger partial charge in [0.2, 0.25) is 5.89 Å². The van der Waals surface area contributed by atoms with Crippen LogP contribution < -0.4 is 5.73 Å². The lowest BCUT2D eigenvalue weighted by Gasteiger charge is -2.15. The van der Waals surface area contributed by atoms with E-state index in [4.69, 9.17) is 15.1 Å². The van der Waals surface area contributed by atoms with Crippen LogP contribution in [0.3, 0.4) is 0 Å². The van der Waals surface area contributed by atoms with E-state index in [1.165, 1.54) is 5.56 Å². The number of rotatable bonds is 4. The highest BCUT2D eigenvalue weighted by Crippen LogP contribution is 2.29. The fraction of sp³-hybridized carbons (Fsp3) is 0.286. The maximum Gasteiger partial charge on any atom is 0.226 e. The molecule has 2 aromatic carbocycles. The SMILES string of the molecule is Cc1oc(-c2ccccc2)nc1CN1C[C@@H](N)[C@H](c2ccccc2)C1. The Balaban J connectivity index is 1.49. The van der Waals surface area contributed by atoms with Crippen LogP contribution in [0.25, 0.3) is 11.5 Å². The topological polar surface area (TPSA) is 55.3 Å². The summed E-state index contributed by atoms with van der Waals surface area (Å²) in [5.74, 6) is 1.95. The number of benzene rings is 2. The zero-order chi connectivity index (χ0) is 17.2. The van der Waals surface area contributed by atoms with Crippen LogP contribution in [-0.4, -0.2) is 29.0 Å². The van der Waals surface area contributed by atoms with Gasteiger partial charge in [-0.3, -0.25) is 4.90 Å². The van der Waals surface area contributed by atoms with Crippen molar-refractivity contribution < 1.29 is 4.42 Å². The summed E-state index contributed by atoms with van der Waals surface area (Å²) in [6.45, 7) is 4.60. The third kappa shape index (κ3) is 3.36. The van der Waals surface area contributed by atoms with Crippen molar-refractivity contribution in [3.63, 3.8) is 0 Å². The molecule has 1 saturated heterocycles. The normalized spacial score (nSPS) is 20.9. The second kappa shape index (κ2) is 6.82. The molecule has 0 aliphatic carbocycles. The van der Waals surface area contributed by atoms with E-state index in [0.717, 1.165) is 36.7 Å². The van der Waals surface area contributed by atoms with Crippen LogP contribution in [0.2, 0.25) is 0 Å². The van der Waals surface area contributed by atoms with Crippen molar-refractivity contribution in [3.8, 4) is 11.5 Å². The van der Waals surface area contributed by atoms with E-state index in [0.29, 0.717) is 11.8 Å². The van der Waals surface area contributed by atoms with Crippen LogP contribution in [0, 0.1) is 6.92 Å². The molecule has 2 heterocycles. The van der Waals surface area contributed by atoms with E-state index in [2.05, 4.69) is 29.2 Å². The Morgan fingerprint density at radius 2 is 1.72 bits per heavy atom. The standard InChI is InChI=1S/C21H23N3O/c1-15-20(23-21(25-15)17-10-6-3-7-11-17)14-24-12-18(19(22)13-24)16-8-4-2-5-9-16/h2-11,18-19H,12-14,22H2,1H3/t18-,19+/m0/s1. The van der Waals surface area contributed by atoms with Gasteiger partial charge in [-0.2, -0.15) is 0 Å². The van der Waals surface area contributed by atoms with Crippen molar-refractivity contribution >= 4 is 0 Å². The summed E-state index contributed by atoms with van der Waals surface area (Å²) < 4.78 is 5.88. The molecular weight excluding hydrogens is 310 g/mol. The first-order valence-electron chi connectivity index (χ1n) is 8.75. The number of hydrogen-bond donors (Lipinski definition) is 1. The molecule has 0 saturated carbocycles. The summed E-state index contributed by atoms with van der Waals surface area (Å²) >= 11 is 0. The van der Waals surface area contributed by atoms with E-state index in [9.17, 15) is 0 Å². The number of nitrogens with two attached hydrogens (primary N) is 1. The fourth-order valence-corrected chi connectivity index (χ4v) is 3.59. The van der Waals surface area contributed by atoms with Gasteiger partial charge in [0.05, 0.1) is 5.69 Å². The average molecular weight is 333 g/mol. The molecule has 3 aromatic rings. The van der Waals surface area contributed by atoms with Crippen molar-refractivity contribution in [3.05, 3.63) is 77.7 Å². The van der Waals surface area contributed by atoms with E-state index >= 15 is 0 Å². The van der Waals surface area contributed by atoms with Gasteiger partial charge in [0.25, 0.3) is 0 Å². The van der Waals surface area contributed by atoms with E-state index in [1.54, 1.807) is 0 Å². The molecule has 1 aromatic heterocycles. The lowest BCUT2D eigenvalue weighted by atomic mass is 9.95. The Morgan fingerprint density at radius 3 is 2.44 bits per heavy atom. The Kier molecular flexibility index (Phi) is 4.38. The van der Waals surface area contributed by atoms with Crippen molar-refractivity contribution in [2.45, 2.75) is 25.4 Å². The number of aromatic nitrogens is 1. The average Bonchev–Trinajstić information content (AvgIpc) is 3.19. The Bertz CT molecular complexity index is 829. The van der Waals surface area contributed by atoms with Crippen LogP contribution >= 0.6 is 0 Å². The van der Waals surface area contributed by atoms with Gasteiger partial charge in [-0.15, -0.1) is 0 Å². The van der Waals surface area contributed by atoms with Gasteiger partial charge in [-0.1, -0.05) is 48.5 Å². The molecule has 4 nitrogen and oxygen atoms in total. The Hall–Kier alpha value is -2.43. The van der Waals surface area contributed by atoms with Crippen LogP contribution in [0.4, 0.5) is 0 Å². The molecule has 0 bridgehead atoms. The smallest absolute Gasteiger partial charge is 0.226 e. The molecule has 25 heavy (non-hydrogen) atoms. The van der Waals surface area contributed by atoms with Crippen molar-refractivity contribution in [2.75, 3.05) is 13.1 Å². The molecule has 4 heteroatoms. The number of nitrogens with zero attached hydrogens (tertiary/aromatic N) is 2. The van der Waals surface area contributed by atoms with Gasteiger partial charge in [0.1, 0.15) is 5.76 Å². The van der Waals surface area contributed by atoms with Crippen molar-refractivity contribution in [2.24, 2.45) is 5.73 Å². The summed E-state index contributed by atoms with van der Waals surface area (Å²) in [6.07, 6.45) is 0. The summed E-state index contributed by atoms with van der Waals surface area (Å²) in [4.78, 5) is 7.09. The molecular formula is C21H23N3O. The van der Waals surface area contributed by atoms with Crippen molar-refractivity contribution in [1.29, 1.82) is 0 Å². The van der Waals surface area contributed by atoms with E-state index in [1.807, 2.05) is 43.3 Å². The van der Waals surface area contributed by atoms with Gasteiger partial charge < -0.3 is 10.2 Å². The second-order valence-corrected chi connectivity index (χ2v) is 6.76. The first-order valence-corrected chi connectivity index (χ1v) is 8.75. The number of likely N-dealkylation sites (tertiary alicyclic amines) is 1. The molecule has 1 aliphatic rings. The fourth-order valence-electron chi connectivity index (χ4n) is 3.59. The third-order valence-electron chi connectivity index (χ3n) is 4.96. The summed E-state index contributed by atoms with van der Waals surface area (Å²) in [7, 11) is 0. The molecule has 2 atom stereocenters. The highest BCUT2D eigenvalue weighted by atomic mass is 16.4. The van der Waals surface area contributed by atoms with Crippen LogP contribution in [-0.2, 0) is 6.54 Å². The van der Waals surface area contributed by atoms with Gasteiger partial charge in [0, 0.05) is 37.2 Å². The third-order valence-corrected chi connectivity index (χ3v) is 4.96. The minimum absolute atomic E-state index is 0.156. The highest BCUT2D eigenvalue weighted by Gasteiger charge is 2.31. The zero-order valence-electron chi connectivity index (χ0n) is 14.4. The van der Waals surface area contributed by atoms with Gasteiger partial charge in [-0.05, 0) is 24.6 Å². The number of aryl methyl sites for hydroxylation is 1. The minimum Gasteiger partial charge on any atom is -0.441 e. The molecule has 1 aliphatic heterocycles. The predicted molar refractivity (Wildman–Crippen MR) is 99.1 cm³/mol. The largest absolute Gasteiger partial charge is 0.441 e.